The van der Waals surface area contributed by atoms with Crippen molar-refractivity contribution < 1.29 is 14.8 Å². The van der Waals surface area contributed by atoms with Crippen molar-refractivity contribution in [2.75, 3.05) is 6.54 Å². The van der Waals surface area contributed by atoms with Gasteiger partial charge in [0.1, 0.15) is 5.82 Å². The number of fused-ring (bicyclic) bond motifs is 1. The van der Waals surface area contributed by atoms with Crippen LogP contribution in [0.4, 0.5) is 0 Å². The monoisotopic (exact) mass is 358 g/mol. The summed E-state index contributed by atoms with van der Waals surface area (Å²) in [6, 6.07) is 5.96. The highest BCUT2D eigenvalue weighted by atomic mass is 16.5. The summed E-state index contributed by atoms with van der Waals surface area (Å²) in [6.45, 7) is 2.33. The van der Waals surface area contributed by atoms with Gasteiger partial charge in [0.2, 0.25) is 12.3 Å². The maximum Gasteiger partial charge on any atom is 0.233 e. The Kier molecular flexibility index (Phi) is 5.88. The van der Waals surface area contributed by atoms with E-state index in [9.17, 15) is 14.8 Å². The van der Waals surface area contributed by atoms with Crippen LogP contribution in [0.25, 0.3) is 11.0 Å². The Labute approximate surface area is 152 Å². The SMILES string of the molecule is Cc1ccc2nc(CNC(=O)[C@H](CC3CCCC3)CN(O)C=O)[nH]c2c1. The molecule has 0 bridgehead atoms. The lowest BCUT2D eigenvalue weighted by Crippen LogP contribution is -2.38. The van der Waals surface area contributed by atoms with E-state index in [-0.39, 0.29) is 12.5 Å². The van der Waals surface area contributed by atoms with Crippen molar-refractivity contribution in [3.8, 4) is 0 Å². The molecule has 7 nitrogen and oxygen atoms in total. The van der Waals surface area contributed by atoms with E-state index >= 15 is 0 Å². The number of carbonyl (C=O) groups excluding carboxylic acids is 2. The standard InChI is InChI=1S/C19H26N4O3/c1-13-6-7-16-17(8-13)22-18(21-16)10-20-19(25)15(11-23(26)12-24)9-14-4-2-3-5-14/h6-8,12,14-15,26H,2-5,9-11H2,1H3,(H,20,25)(H,21,22)/t15-/m1/s1. The van der Waals surface area contributed by atoms with E-state index < -0.39 is 5.92 Å². The Bertz CT molecular complexity index is 767. The highest BCUT2D eigenvalue weighted by Gasteiger charge is 2.26. The number of aromatic amines is 1. The lowest BCUT2D eigenvalue weighted by Gasteiger charge is -2.22. The average Bonchev–Trinajstić information content (AvgIpc) is 3.27. The number of nitrogens with one attached hydrogen (secondary N) is 2. The summed E-state index contributed by atoms with van der Waals surface area (Å²) in [6.07, 6.45) is 5.63. The van der Waals surface area contributed by atoms with Crippen LogP contribution in [0.1, 0.15) is 43.5 Å². The molecule has 0 unspecified atom stereocenters. The number of hydrogen-bond donors (Lipinski definition) is 3. The zero-order valence-electron chi connectivity index (χ0n) is 15.1. The van der Waals surface area contributed by atoms with Crippen molar-refractivity contribution in [1.29, 1.82) is 0 Å². The second-order valence-corrected chi connectivity index (χ2v) is 7.23. The van der Waals surface area contributed by atoms with Gasteiger partial charge < -0.3 is 10.3 Å². The van der Waals surface area contributed by atoms with Gasteiger partial charge in [0.25, 0.3) is 0 Å². The summed E-state index contributed by atoms with van der Waals surface area (Å²) < 4.78 is 0. The minimum Gasteiger partial charge on any atom is -0.349 e. The van der Waals surface area contributed by atoms with E-state index in [1.807, 2.05) is 25.1 Å². The third-order valence-corrected chi connectivity index (χ3v) is 5.11. The average molecular weight is 358 g/mol. The third kappa shape index (κ3) is 4.60. The number of aryl methyl sites for hydroxylation is 1. The quantitative estimate of drug-likeness (QED) is 0.384. The zero-order valence-corrected chi connectivity index (χ0v) is 15.1. The van der Waals surface area contributed by atoms with Crippen LogP contribution in [0.2, 0.25) is 0 Å². The van der Waals surface area contributed by atoms with Gasteiger partial charge in [0.05, 0.1) is 30.0 Å². The van der Waals surface area contributed by atoms with E-state index in [2.05, 4.69) is 15.3 Å². The summed E-state index contributed by atoms with van der Waals surface area (Å²) >= 11 is 0. The minimum atomic E-state index is -0.417. The summed E-state index contributed by atoms with van der Waals surface area (Å²) in [4.78, 5) is 31.0. The van der Waals surface area contributed by atoms with Gasteiger partial charge in [-0.25, -0.2) is 10.0 Å². The summed E-state index contributed by atoms with van der Waals surface area (Å²) in [5.74, 6) is 0.601. The molecule has 1 saturated carbocycles. The smallest absolute Gasteiger partial charge is 0.233 e. The molecule has 1 heterocycles. The number of imidazole rings is 1. The fourth-order valence-electron chi connectivity index (χ4n) is 3.76. The summed E-state index contributed by atoms with van der Waals surface area (Å²) in [5, 5.41) is 13.0. The van der Waals surface area contributed by atoms with Crippen LogP contribution in [-0.2, 0) is 16.1 Å². The molecule has 1 aliphatic rings. The molecule has 140 valence electrons. The molecule has 0 saturated heterocycles. The van der Waals surface area contributed by atoms with Gasteiger partial charge in [-0.15, -0.1) is 0 Å². The largest absolute Gasteiger partial charge is 0.349 e. The van der Waals surface area contributed by atoms with E-state index in [4.69, 9.17) is 0 Å². The molecule has 7 heteroatoms. The highest BCUT2D eigenvalue weighted by Crippen LogP contribution is 2.30. The number of hydroxylamine groups is 2. The second-order valence-electron chi connectivity index (χ2n) is 7.23. The molecule has 2 amide bonds. The van der Waals surface area contributed by atoms with Crippen LogP contribution in [0.5, 0.6) is 0 Å². The topological polar surface area (TPSA) is 98.3 Å². The molecule has 0 radical (unpaired) electrons. The van der Waals surface area contributed by atoms with Gasteiger partial charge in [0, 0.05) is 0 Å². The Hall–Kier alpha value is -2.41. The number of H-pyrrole nitrogens is 1. The fraction of sp³-hybridized carbons (Fsp3) is 0.526. The van der Waals surface area contributed by atoms with E-state index in [0.29, 0.717) is 36.2 Å². The molecular formula is C19H26N4O3. The Balaban J connectivity index is 1.62. The first-order valence-electron chi connectivity index (χ1n) is 9.19. The normalized spacial score (nSPS) is 15.9. The van der Waals surface area contributed by atoms with Crippen molar-refractivity contribution >= 4 is 23.4 Å². The molecule has 0 aliphatic heterocycles. The van der Waals surface area contributed by atoms with Gasteiger partial charge >= 0.3 is 0 Å². The number of carbonyl (C=O) groups is 2. The fourth-order valence-corrected chi connectivity index (χ4v) is 3.76. The van der Waals surface area contributed by atoms with Crippen molar-refractivity contribution in [2.24, 2.45) is 11.8 Å². The summed E-state index contributed by atoms with van der Waals surface area (Å²) in [5.41, 5.74) is 2.95. The Morgan fingerprint density at radius 2 is 2.23 bits per heavy atom. The number of rotatable bonds is 8. The van der Waals surface area contributed by atoms with E-state index in [1.54, 1.807) is 0 Å². The Morgan fingerprint density at radius 3 is 2.96 bits per heavy atom. The van der Waals surface area contributed by atoms with Crippen LogP contribution in [0, 0.1) is 18.8 Å². The number of nitrogens with zero attached hydrogens (tertiary/aromatic N) is 2. The molecule has 3 N–H and O–H groups in total. The van der Waals surface area contributed by atoms with E-state index in [0.717, 1.165) is 29.4 Å². The van der Waals surface area contributed by atoms with Crippen LogP contribution < -0.4 is 5.32 Å². The number of aromatic nitrogens is 2. The second kappa shape index (κ2) is 8.31. The third-order valence-electron chi connectivity index (χ3n) is 5.11. The molecule has 2 aromatic rings. The molecule has 1 aliphatic carbocycles. The zero-order chi connectivity index (χ0) is 18.5. The predicted molar refractivity (Wildman–Crippen MR) is 97.3 cm³/mol. The van der Waals surface area contributed by atoms with Gasteiger partial charge in [-0.1, -0.05) is 31.7 Å². The van der Waals surface area contributed by atoms with Gasteiger partial charge in [-0.2, -0.15) is 0 Å². The molecule has 26 heavy (non-hydrogen) atoms. The van der Waals surface area contributed by atoms with Crippen molar-refractivity contribution in [3.63, 3.8) is 0 Å². The van der Waals surface area contributed by atoms with Crippen LogP contribution in [0.15, 0.2) is 18.2 Å². The van der Waals surface area contributed by atoms with Crippen molar-refractivity contribution in [3.05, 3.63) is 29.6 Å². The summed E-state index contributed by atoms with van der Waals surface area (Å²) in [7, 11) is 0. The lowest BCUT2D eigenvalue weighted by atomic mass is 9.92. The maximum absolute atomic E-state index is 12.6. The molecule has 0 spiro atoms. The van der Waals surface area contributed by atoms with Gasteiger partial charge in [0.15, 0.2) is 0 Å². The van der Waals surface area contributed by atoms with Crippen molar-refractivity contribution in [1.82, 2.24) is 20.3 Å². The lowest BCUT2D eigenvalue weighted by molar-refractivity contribution is -0.155. The van der Waals surface area contributed by atoms with Gasteiger partial charge in [-0.3, -0.25) is 14.8 Å². The first-order valence-corrected chi connectivity index (χ1v) is 9.19. The predicted octanol–water partition coefficient (Wildman–Crippen LogP) is 2.53. The molecule has 3 rings (SSSR count). The first-order chi connectivity index (χ1) is 12.5. The van der Waals surface area contributed by atoms with E-state index in [1.165, 1.54) is 12.8 Å². The molecular weight excluding hydrogens is 332 g/mol. The van der Waals surface area contributed by atoms with Crippen LogP contribution in [-0.4, -0.2) is 39.1 Å². The molecule has 1 fully saturated rings. The van der Waals surface area contributed by atoms with Crippen LogP contribution >= 0.6 is 0 Å². The van der Waals surface area contributed by atoms with Crippen molar-refractivity contribution in [2.45, 2.75) is 45.6 Å². The number of hydrogen-bond acceptors (Lipinski definition) is 4. The minimum absolute atomic E-state index is 0.0190. The molecule has 1 atom stereocenters. The highest BCUT2D eigenvalue weighted by molar-refractivity contribution is 5.79. The maximum atomic E-state index is 12.6. The number of benzene rings is 1. The molecule has 1 aromatic carbocycles. The number of amides is 2. The first kappa shape index (κ1) is 18.4. The van der Waals surface area contributed by atoms with Gasteiger partial charge in [-0.05, 0) is 37.0 Å². The molecule has 1 aromatic heterocycles. The van der Waals surface area contributed by atoms with Crippen LogP contribution in [0.3, 0.4) is 0 Å². The Morgan fingerprint density at radius 1 is 1.46 bits per heavy atom.